The zero-order chi connectivity index (χ0) is 22.9. The van der Waals surface area contributed by atoms with Gasteiger partial charge in [0.15, 0.2) is 6.04 Å². The quantitative estimate of drug-likeness (QED) is 0.646. The van der Waals surface area contributed by atoms with Gasteiger partial charge in [-0.15, -0.1) is 0 Å². The van der Waals surface area contributed by atoms with Crippen LogP contribution in [0.4, 0.5) is 18.0 Å². The van der Waals surface area contributed by atoms with E-state index in [0.717, 1.165) is 6.42 Å². The fourth-order valence-electron chi connectivity index (χ4n) is 4.51. The Labute approximate surface area is 182 Å². The molecule has 2 N–H and O–H groups in total. The third-order valence-electron chi connectivity index (χ3n) is 6.16. The minimum absolute atomic E-state index is 0.290. The predicted molar refractivity (Wildman–Crippen MR) is 104 cm³/mol. The van der Waals surface area contributed by atoms with Crippen molar-refractivity contribution in [3.8, 4) is 0 Å². The number of nitrogens with one attached hydrogen (secondary N) is 1. The van der Waals surface area contributed by atoms with Crippen LogP contribution < -0.4 is 5.32 Å². The van der Waals surface area contributed by atoms with E-state index >= 15 is 0 Å². The van der Waals surface area contributed by atoms with Gasteiger partial charge in [-0.3, -0.25) is 9.78 Å². The summed E-state index contributed by atoms with van der Waals surface area (Å²) in [6.45, 7) is 1.58. The highest BCUT2D eigenvalue weighted by Crippen LogP contribution is 2.40. The van der Waals surface area contributed by atoms with Crippen LogP contribution in [0.15, 0.2) is 18.5 Å². The van der Waals surface area contributed by atoms with Crippen LogP contribution in [-0.2, 0) is 9.59 Å². The number of urea groups is 1. The number of imide groups is 1. The molecule has 31 heavy (non-hydrogen) atoms. The SMILES string of the molecule is C[C@@H](c1cncc(Cl)c1)[C@H]1C(=O)N(C(=O)N[C@@H](C2CCCCC2)C(F)(F)F)[C@@H]1C(=O)O. The number of nitrogens with zero attached hydrogens (tertiary/aromatic N) is 2. The maximum atomic E-state index is 13.6. The molecular formula is C20H23ClF3N3O4. The summed E-state index contributed by atoms with van der Waals surface area (Å²) in [4.78, 5) is 41.4. The number of pyridine rings is 1. The Bertz CT molecular complexity index is 860. The van der Waals surface area contributed by atoms with Crippen LogP contribution in [0, 0.1) is 11.8 Å². The number of halogens is 4. The van der Waals surface area contributed by atoms with Crippen LogP contribution in [0.3, 0.4) is 0 Å². The van der Waals surface area contributed by atoms with Crippen molar-refractivity contribution >= 4 is 29.5 Å². The van der Waals surface area contributed by atoms with Crippen molar-refractivity contribution < 1.29 is 32.7 Å². The lowest BCUT2D eigenvalue weighted by Crippen LogP contribution is -2.70. The molecule has 170 valence electrons. The highest BCUT2D eigenvalue weighted by molar-refractivity contribution is 6.30. The van der Waals surface area contributed by atoms with Crippen LogP contribution in [0.5, 0.6) is 0 Å². The van der Waals surface area contributed by atoms with E-state index in [-0.39, 0.29) is 5.02 Å². The summed E-state index contributed by atoms with van der Waals surface area (Å²) >= 11 is 5.90. The smallest absolute Gasteiger partial charge is 0.408 e. The number of aliphatic carboxylic acids is 1. The lowest BCUT2D eigenvalue weighted by Gasteiger charge is -2.46. The number of carbonyl (C=O) groups is 3. The van der Waals surface area contributed by atoms with Crippen LogP contribution in [0.25, 0.3) is 0 Å². The Kier molecular flexibility index (Phi) is 6.78. The topological polar surface area (TPSA) is 99.6 Å². The van der Waals surface area contributed by atoms with E-state index < -0.39 is 53.9 Å². The van der Waals surface area contributed by atoms with E-state index in [0.29, 0.717) is 36.1 Å². The third-order valence-corrected chi connectivity index (χ3v) is 6.36. The molecule has 2 fully saturated rings. The fourth-order valence-corrected chi connectivity index (χ4v) is 4.69. The number of carbonyl (C=O) groups excluding carboxylic acids is 2. The van der Waals surface area contributed by atoms with Gasteiger partial charge in [-0.05, 0) is 36.3 Å². The van der Waals surface area contributed by atoms with Gasteiger partial charge in [0.05, 0.1) is 10.9 Å². The number of alkyl halides is 3. The van der Waals surface area contributed by atoms with Gasteiger partial charge in [0.25, 0.3) is 0 Å². The lowest BCUT2D eigenvalue weighted by molar-refractivity contribution is -0.173. The molecule has 2 aliphatic rings. The van der Waals surface area contributed by atoms with Crippen LogP contribution in [0.2, 0.25) is 5.02 Å². The summed E-state index contributed by atoms with van der Waals surface area (Å²) in [5, 5.41) is 11.8. The summed E-state index contributed by atoms with van der Waals surface area (Å²) in [7, 11) is 0. The van der Waals surface area contributed by atoms with E-state index in [1.807, 2.05) is 5.32 Å². The zero-order valence-electron chi connectivity index (χ0n) is 16.7. The molecule has 0 aromatic carbocycles. The minimum Gasteiger partial charge on any atom is -0.480 e. The third kappa shape index (κ3) is 4.78. The van der Waals surface area contributed by atoms with Crippen LogP contribution in [-0.4, -0.2) is 51.2 Å². The predicted octanol–water partition coefficient (Wildman–Crippen LogP) is 3.97. The number of carboxylic acid groups (broad SMARTS) is 1. The Hall–Kier alpha value is -2.36. The fraction of sp³-hybridized carbons (Fsp3) is 0.600. The number of hydrogen-bond acceptors (Lipinski definition) is 4. The minimum atomic E-state index is -4.70. The number of carboxylic acids is 1. The molecule has 2 heterocycles. The van der Waals surface area contributed by atoms with Gasteiger partial charge < -0.3 is 10.4 Å². The summed E-state index contributed by atoms with van der Waals surface area (Å²) in [6, 6.07) is -3.52. The first kappa shape index (κ1) is 23.3. The maximum Gasteiger partial charge on any atom is 0.408 e. The van der Waals surface area contributed by atoms with Crippen molar-refractivity contribution in [2.45, 2.75) is 63.2 Å². The second kappa shape index (κ2) is 9.02. The second-order valence-electron chi connectivity index (χ2n) is 8.11. The number of aromatic nitrogens is 1. The largest absolute Gasteiger partial charge is 0.480 e. The number of β-lactam (4-membered cyclic amide) rings is 1. The second-order valence-corrected chi connectivity index (χ2v) is 8.55. The van der Waals surface area contributed by atoms with Gasteiger partial charge in [-0.25, -0.2) is 14.5 Å². The highest BCUT2D eigenvalue weighted by Gasteiger charge is 2.58. The average molecular weight is 462 g/mol. The van der Waals surface area contributed by atoms with Crippen molar-refractivity contribution in [1.82, 2.24) is 15.2 Å². The van der Waals surface area contributed by atoms with Gasteiger partial charge in [-0.1, -0.05) is 37.8 Å². The zero-order valence-corrected chi connectivity index (χ0v) is 17.5. The summed E-state index contributed by atoms with van der Waals surface area (Å²) in [5.41, 5.74) is 0.493. The van der Waals surface area contributed by atoms with Gasteiger partial charge >= 0.3 is 18.2 Å². The number of amides is 3. The number of likely N-dealkylation sites (tertiary alicyclic amines) is 1. The normalized spacial score (nSPS) is 24.3. The highest BCUT2D eigenvalue weighted by atomic mass is 35.5. The molecule has 1 aromatic rings. The van der Waals surface area contributed by atoms with Gasteiger partial charge in [0.2, 0.25) is 5.91 Å². The Morgan fingerprint density at radius 3 is 2.45 bits per heavy atom. The summed E-state index contributed by atoms with van der Waals surface area (Å²) in [5.74, 6) is -4.89. The van der Waals surface area contributed by atoms with E-state index in [1.165, 1.54) is 18.5 Å². The number of hydrogen-bond donors (Lipinski definition) is 2. The molecule has 0 unspecified atom stereocenters. The molecular weight excluding hydrogens is 439 g/mol. The van der Waals surface area contributed by atoms with Gasteiger partial charge in [-0.2, -0.15) is 13.2 Å². The van der Waals surface area contributed by atoms with E-state index in [4.69, 9.17) is 11.6 Å². The van der Waals surface area contributed by atoms with E-state index in [1.54, 1.807) is 6.92 Å². The lowest BCUT2D eigenvalue weighted by atomic mass is 9.75. The molecule has 0 radical (unpaired) electrons. The first-order valence-corrected chi connectivity index (χ1v) is 10.4. The van der Waals surface area contributed by atoms with E-state index in [9.17, 15) is 32.7 Å². The molecule has 11 heteroatoms. The molecule has 1 aliphatic heterocycles. The molecule has 0 spiro atoms. The standard InChI is InChI=1S/C20H23ClF3N3O4/c1-10(12-7-13(21)9-25-8-12)14-15(18(29)30)27(17(14)28)19(31)26-16(20(22,23)24)11-5-3-2-4-6-11/h7-11,14-16H,2-6H2,1H3,(H,26,31)(H,29,30)/t10-,14+,15-,16-/m0/s1. The summed E-state index contributed by atoms with van der Waals surface area (Å²) < 4.78 is 40.8. The van der Waals surface area contributed by atoms with Gasteiger partial charge in [0, 0.05) is 12.4 Å². The van der Waals surface area contributed by atoms with Crippen molar-refractivity contribution in [3.63, 3.8) is 0 Å². The van der Waals surface area contributed by atoms with Crippen molar-refractivity contribution in [2.75, 3.05) is 0 Å². The maximum absolute atomic E-state index is 13.6. The molecule has 1 saturated heterocycles. The van der Waals surface area contributed by atoms with E-state index in [2.05, 4.69) is 4.98 Å². The molecule has 7 nitrogen and oxygen atoms in total. The van der Waals surface area contributed by atoms with Crippen molar-refractivity contribution in [3.05, 3.63) is 29.0 Å². The van der Waals surface area contributed by atoms with Gasteiger partial charge in [0.1, 0.15) is 6.04 Å². The molecule has 1 saturated carbocycles. The first-order chi connectivity index (χ1) is 14.5. The summed E-state index contributed by atoms with van der Waals surface area (Å²) in [6.07, 6.45) is 0.791. The Balaban J connectivity index is 1.79. The van der Waals surface area contributed by atoms with Crippen LogP contribution in [0.1, 0.15) is 50.5 Å². The number of rotatable bonds is 5. The molecule has 3 amide bonds. The average Bonchev–Trinajstić information content (AvgIpc) is 2.69. The molecule has 0 bridgehead atoms. The Morgan fingerprint density at radius 1 is 1.26 bits per heavy atom. The first-order valence-electron chi connectivity index (χ1n) is 10.1. The Morgan fingerprint density at radius 2 is 1.90 bits per heavy atom. The molecule has 4 atom stereocenters. The molecule has 3 rings (SSSR count). The van der Waals surface area contributed by atoms with Crippen LogP contribution >= 0.6 is 11.6 Å². The molecule has 1 aliphatic carbocycles. The van der Waals surface area contributed by atoms with Crippen molar-refractivity contribution in [2.24, 2.45) is 11.8 Å². The van der Waals surface area contributed by atoms with Crippen molar-refractivity contribution in [1.29, 1.82) is 0 Å². The molecule has 1 aromatic heterocycles. The monoisotopic (exact) mass is 461 g/mol.